The van der Waals surface area contributed by atoms with E-state index >= 15 is 0 Å². The van der Waals surface area contributed by atoms with Crippen LogP contribution in [0.2, 0.25) is 0 Å². The van der Waals surface area contributed by atoms with Crippen LogP contribution in [-0.2, 0) is 4.79 Å². The fraction of sp³-hybridized carbons (Fsp3) is 0.769. The van der Waals surface area contributed by atoms with E-state index in [9.17, 15) is 4.79 Å². The summed E-state index contributed by atoms with van der Waals surface area (Å²) in [7, 11) is 1.70. The minimum absolute atomic E-state index is 0.0359. The molecule has 5 nitrogen and oxygen atoms in total. The molecule has 0 aromatic rings. The van der Waals surface area contributed by atoms with Gasteiger partial charge in [-0.2, -0.15) is 0 Å². The molecule has 18 heavy (non-hydrogen) atoms. The Bertz CT molecular complexity index is 362. The number of carbonyl (C=O) groups is 1. The molecule has 5 heteroatoms. The minimum Gasteiger partial charge on any atom is -0.355 e. The van der Waals surface area contributed by atoms with Crippen LogP contribution in [-0.4, -0.2) is 53.4 Å². The molecule has 0 spiro atoms. The van der Waals surface area contributed by atoms with Gasteiger partial charge in [-0.1, -0.05) is 19.8 Å². The largest absolute Gasteiger partial charge is 0.355 e. The highest BCUT2D eigenvalue weighted by molar-refractivity contribution is 6.03. The van der Waals surface area contributed by atoms with Crippen molar-refractivity contribution < 1.29 is 4.79 Å². The number of rotatable bonds is 2. The van der Waals surface area contributed by atoms with Gasteiger partial charge in [0.15, 0.2) is 0 Å². The molecule has 1 saturated heterocycles. The van der Waals surface area contributed by atoms with Gasteiger partial charge >= 0.3 is 0 Å². The molecule has 1 saturated carbocycles. The van der Waals surface area contributed by atoms with Crippen LogP contribution in [0.4, 0.5) is 0 Å². The molecule has 1 aliphatic heterocycles. The lowest BCUT2D eigenvalue weighted by atomic mass is 10.1. The van der Waals surface area contributed by atoms with Crippen molar-refractivity contribution in [2.24, 2.45) is 5.92 Å². The highest BCUT2D eigenvalue weighted by Gasteiger charge is 2.37. The number of hydrogen-bond donors (Lipinski definition) is 2. The lowest BCUT2D eigenvalue weighted by molar-refractivity contribution is -0.133. The number of amides is 1. The van der Waals surface area contributed by atoms with Gasteiger partial charge in [-0.15, -0.1) is 0 Å². The van der Waals surface area contributed by atoms with Gasteiger partial charge in [0.2, 0.25) is 5.91 Å². The van der Waals surface area contributed by atoms with E-state index < -0.39 is 6.04 Å². The third kappa shape index (κ3) is 2.13. The van der Waals surface area contributed by atoms with E-state index in [0.717, 1.165) is 12.8 Å². The maximum Gasteiger partial charge on any atom is 0.227 e. The predicted octanol–water partition coefficient (Wildman–Crippen LogP) is 1.33. The molecule has 2 rings (SSSR count). The molecule has 2 aliphatic rings. The van der Waals surface area contributed by atoms with Gasteiger partial charge in [0, 0.05) is 25.8 Å². The summed E-state index contributed by atoms with van der Waals surface area (Å²) in [4.78, 5) is 15.7. The molecule has 2 fully saturated rings. The minimum atomic E-state index is -0.497. The molecule has 0 aromatic heterocycles. The number of nitrogens with zero attached hydrogens (tertiary/aromatic N) is 2. The normalized spacial score (nSPS) is 30.8. The summed E-state index contributed by atoms with van der Waals surface area (Å²) in [5.41, 5.74) is 0. The Kier molecular flexibility index (Phi) is 3.68. The van der Waals surface area contributed by atoms with Crippen molar-refractivity contribution in [3.8, 4) is 0 Å². The van der Waals surface area contributed by atoms with E-state index in [1.165, 1.54) is 24.0 Å². The number of hydrogen-bond acceptors (Lipinski definition) is 3. The third-order valence-electron chi connectivity index (χ3n) is 4.17. The van der Waals surface area contributed by atoms with Gasteiger partial charge in [0.05, 0.1) is 5.92 Å². The molecule has 100 valence electrons. The topological polar surface area (TPSA) is 71.2 Å². The zero-order chi connectivity index (χ0) is 13.3. The summed E-state index contributed by atoms with van der Waals surface area (Å²) in [5, 5.41) is 15.8. The van der Waals surface area contributed by atoms with Crippen molar-refractivity contribution in [1.29, 1.82) is 10.8 Å². The maximum atomic E-state index is 12.1. The van der Waals surface area contributed by atoms with Crippen LogP contribution in [0.5, 0.6) is 0 Å². The number of carbonyl (C=O) groups excluding carboxylic acids is 1. The second kappa shape index (κ2) is 5.08. The Labute approximate surface area is 108 Å². The van der Waals surface area contributed by atoms with Crippen LogP contribution in [0.3, 0.4) is 0 Å². The van der Waals surface area contributed by atoms with Gasteiger partial charge in [-0.25, -0.2) is 0 Å². The third-order valence-corrected chi connectivity index (χ3v) is 4.17. The van der Waals surface area contributed by atoms with E-state index in [0.29, 0.717) is 18.4 Å². The van der Waals surface area contributed by atoms with Crippen LogP contribution in [0.25, 0.3) is 0 Å². The number of likely N-dealkylation sites (N-methyl/N-ethyl adjacent to an activating group) is 1. The summed E-state index contributed by atoms with van der Waals surface area (Å²) in [6.07, 6.45) is 5.85. The Morgan fingerprint density at radius 1 is 1.33 bits per heavy atom. The molecule has 2 unspecified atom stereocenters. The summed E-state index contributed by atoms with van der Waals surface area (Å²) in [6, 6.07) is -0.107. The fourth-order valence-electron chi connectivity index (χ4n) is 3.06. The molecule has 0 radical (unpaired) electrons. The van der Waals surface area contributed by atoms with Crippen molar-refractivity contribution in [3.05, 3.63) is 0 Å². The summed E-state index contributed by atoms with van der Waals surface area (Å²) >= 11 is 0. The Morgan fingerprint density at radius 2 is 1.94 bits per heavy atom. The number of nitrogens with one attached hydrogen (secondary N) is 2. The highest BCUT2D eigenvalue weighted by Crippen LogP contribution is 2.27. The zero-order valence-corrected chi connectivity index (χ0v) is 11.1. The van der Waals surface area contributed by atoms with Gasteiger partial charge in [0.1, 0.15) is 11.9 Å². The van der Waals surface area contributed by atoms with Crippen molar-refractivity contribution in [1.82, 2.24) is 9.80 Å². The van der Waals surface area contributed by atoms with Gasteiger partial charge in [-0.05, 0) is 12.8 Å². The van der Waals surface area contributed by atoms with Crippen LogP contribution in [0, 0.1) is 16.7 Å². The van der Waals surface area contributed by atoms with E-state index in [1.54, 1.807) is 7.05 Å². The molecular formula is C13H22N4O. The Balaban J connectivity index is 2.26. The smallest absolute Gasteiger partial charge is 0.227 e. The van der Waals surface area contributed by atoms with Crippen molar-refractivity contribution >= 4 is 18.0 Å². The summed E-state index contributed by atoms with van der Waals surface area (Å²) in [6.45, 7) is 2.54. The molecule has 1 heterocycles. The summed E-state index contributed by atoms with van der Waals surface area (Å²) < 4.78 is 0. The molecule has 1 amide bonds. The van der Waals surface area contributed by atoms with Gasteiger partial charge in [0.25, 0.3) is 0 Å². The summed E-state index contributed by atoms with van der Waals surface area (Å²) in [5.74, 6) is 0.353. The van der Waals surface area contributed by atoms with Gasteiger partial charge < -0.3 is 15.2 Å². The SMILES string of the molecule is CC1CN(C2CCCC2)C(=N)C(C=N)N(C)C1=O. The molecule has 0 bridgehead atoms. The van der Waals surface area contributed by atoms with E-state index in [4.69, 9.17) is 10.8 Å². The van der Waals surface area contributed by atoms with Crippen LogP contribution in [0.1, 0.15) is 32.6 Å². The van der Waals surface area contributed by atoms with Crippen molar-refractivity contribution in [3.63, 3.8) is 0 Å². The fourth-order valence-corrected chi connectivity index (χ4v) is 3.06. The molecule has 2 N–H and O–H groups in total. The second-order valence-electron chi connectivity index (χ2n) is 5.44. The van der Waals surface area contributed by atoms with Crippen LogP contribution >= 0.6 is 0 Å². The lowest BCUT2D eigenvalue weighted by Crippen LogP contribution is -2.48. The highest BCUT2D eigenvalue weighted by atomic mass is 16.2. The number of amidine groups is 1. The molecular weight excluding hydrogens is 228 g/mol. The monoisotopic (exact) mass is 250 g/mol. The lowest BCUT2D eigenvalue weighted by Gasteiger charge is -2.33. The first-order chi connectivity index (χ1) is 8.56. The first kappa shape index (κ1) is 13.1. The maximum absolute atomic E-state index is 12.1. The first-order valence-electron chi connectivity index (χ1n) is 6.68. The van der Waals surface area contributed by atoms with E-state index in [-0.39, 0.29) is 11.8 Å². The molecule has 0 aromatic carbocycles. The standard InChI is InChI=1S/C13H22N4O/c1-9-8-17(10-5-3-4-6-10)12(15)11(7-14)16(2)13(9)18/h7,9-11,14-15H,3-6,8H2,1-2H3. The van der Waals surface area contributed by atoms with Crippen LogP contribution < -0.4 is 0 Å². The average molecular weight is 250 g/mol. The van der Waals surface area contributed by atoms with Crippen LogP contribution in [0.15, 0.2) is 0 Å². The van der Waals surface area contributed by atoms with Crippen molar-refractivity contribution in [2.45, 2.75) is 44.7 Å². The van der Waals surface area contributed by atoms with E-state index in [1.807, 2.05) is 6.92 Å². The Morgan fingerprint density at radius 3 is 2.50 bits per heavy atom. The molecule has 2 atom stereocenters. The van der Waals surface area contributed by atoms with Gasteiger partial charge in [-0.3, -0.25) is 10.2 Å². The van der Waals surface area contributed by atoms with Crippen molar-refractivity contribution in [2.75, 3.05) is 13.6 Å². The first-order valence-corrected chi connectivity index (χ1v) is 6.68. The van der Waals surface area contributed by atoms with E-state index in [2.05, 4.69) is 4.90 Å². The predicted molar refractivity (Wildman–Crippen MR) is 71.2 cm³/mol. The quantitative estimate of drug-likeness (QED) is 0.726. The second-order valence-corrected chi connectivity index (χ2v) is 5.44. The average Bonchev–Trinajstić information content (AvgIpc) is 2.86. The zero-order valence-electron chi connectivity index (χ0n) is 11.1. The molecule has 1 aliphatic carbocycles. The Hall–Kier alpha value is -1.39.